The molecule has 2 heterocycles. The van der Waals surface area contributed by atoms with Crippen molar-refractivity contribution in [3.8, 4) is 0 Å². The molecule has 2 aromatic rings. The fourth-order valence-electron chi connectivity index (χ4n) is 1.74. The fourth-order valence-corrected chi connectivity index (χ4v) is 1.74. The van der Waals surface area contributed by atoms with E-state index in [4.69, 9.17) is 0 Å². The summed E-state index contributed by atoms with van der Waals surface area (Å²) in [7, 11) is 1.95. The zero-order valence-corrected chi connectivity index (χ0v) is 9.67. The Morgan fingerprint density at radius 2 is 2.25 bits per heavy atom. The van der Waals surface area contributed by atoms with Crippen LogP contribution in [-0.2, 0) is 20.0 Å². The third-order valence-electron chi connectivity index (χ3n) is 2.80. The Morgan fingerprint density at radius 1 is 1.44 bits per heavy atom. The summed E-state index contributed by atoms with van der Waals surface area (Å²) in [6, 6.07) is 3.98. The third kappa shape index (κ3) is 2.33. The quantitative estimate of drug-likeness (QED) is 0.847. The minimum absolute atomic E-state index is 0.391. The predicted molar refractivity (Wildman–Crippen MR) is 62.0 cm³/mol. The molecule has 0 fully saturated rings. The van der Waals surface area contributed by atoms with E-state index >= 15 is 0 Å². The molecule has 0 amide bonds. The zero-order valence-electron chi connectivity index (χ0n) is 9.67. The van der Waals surface area contributed by atoms with Gasteiger partial charge in [-0.3, -0.25) is 4.68 Å². The summed E-state index contributed by atoms with van der Waals surface area (Å²) in [5, 5.41) is 13.5. The molecule has 1 N–H and O–H groups in total. The van der Waals surface area contributed by atoms with Crippen LogP contribution in [0.25, 0.3) is 0 Å². The van der Waals surface area contributed by atoms with Crippen LogP contribution in [0.2, 0.25) is 0 Å². The first-order chi connectivity index (χ1) is 7.66. The van der Waals surface area contributed by atoms with E-state index in [0.29, 0.717) is 0 Å². The molecule has 0 aliphatic carbocycles. The van der Waals surface area contributed by atoms with Gasteiger partial charge in [0.2, 0.25) is 0 Å². The predicted octanol–water partition coefficient (Wildman–Crippen LogP) is 1.52. The summed E-state index contributed by atoms with van der Waals surface area (Å²) in [5.74, 6) is 0. The van der Waals surface area contributed by atoms with Gasteiger partial charge < -0.3 is 9.67 Å². The smallest absolute Gasteiger partial charge is 0.0776 e. The highest BCUT2D eigenvalue weighted by Gasteiger charge is 2.03. The van der Waals surface area contributed by atoms with Crippen LogP contribution >= 0.6 is 0 Å². The van der Waals surface area contributed by atoms with E-state index in [9.17, 15) is 5.11 Å². The molecule has 0 saturated carbocycles. The Labute approximate surface area is 95.1 Å². The van der Waals surface area contributed by atoms with Gasteiger partial charge in [0.25, 0.3) is 0 Å². The van der Waals surface area contributed by atoms with Crippen LogP contribution in [0.15, 0.2) is 30.7 Å². The van der Waals surface area contributed by atoms with E-state index in [1.165, 1.54) is 5.69 Å². The number of nitrogens with zero attached hydrogens (tertiary/aromatic N) is 3. The van der Waals surface area contributed by atoms with Crippen molar-refractivity contribution in [2.24, 2.45) is 7.05 Å². The number of aryl methyl sites for hydroxylation is 3. The maximum Gasteiger partial charge on any atom is 0.0776 e. The molecule has 4 nitrogen and oxygen atoms in total. The summed E-state index contributed by atoms with van der Waals surface area (Å²) < 4.78 is 3.98. The molecule has 0 aromatic carbocycles. The minimum atomic E-state index is -0.391. The molecule has 0 aliphatic rings. The first-order valence-corrected chi connectivity index (χ1v) is 5.47. The summed E-state index contributed by atoms with van der Waals surface area (Å²) >= 11 is 0. The second kappa shape index (κ2) is 4.53. The highest BCUT2D eigenvalue weighted by molar-refractivity contribution is 5.13. The van der Waals surface area contributed by atoms with Crippen LogP contribution in [0.5, 0.6) is 0 Å². The molecule has 0 saturated heterocycles. The van der Waals surface area contributed by atoms with Gasteiger partial charge in [0, 0.05) is 44.3 Å². The zero-order chi connectivity index (χ0) is 11.5. The van der Waals surface area contributed by atoms with Crippen molar-refractivity contribution in [3.63, 3.8) is 0 Å². The molecule has 2 aromatic heterocycles. The van der Waals surface area contributed by atoms with Gasteiger partial charge in [0.15, 0.2) is 0 Å². The fraction of sp³-hybridized carbons (Fsp3) is 0.417. The molecule has 4 heteroatoms. The molecule has 1 atom stereocenters. The first-order valence-electron chi connectivity index (χ1n) is 5.47. The largest absolute Gasteiger partial charge is 0.389 e. The molecule has 1 unspecified atom stereocenters. The van der Waals surface area contributed by atoms with Crippen molar-refractivity contribution in [1.82, 2.24) is 14.3 Å². The van der Waals surface area contributed by atoms with Crippen LogP contribution in [-0.4, -0.2) is 19.5 Å². The van der Waals surface area contributed by atoms with Gasteiger partial charge in [-0.25, -0.2) is 0 Å². The molecule has 0 aliphatic heterocycles. The lowest BCUT2D eigenvalue weighted by Gasteiger charge is -2.04. The summed E-state index contributed by atoms with van der Waals surface area (Å²) in [6.45, 7) is 2.69. The van der Waals surface area contributed by atoms with Gasteiger partial charge in [-0.15, -0.1) is 0 Å². The Kier molecular flexibility index (Phi) is 3.10. The van der Waals surface area contributed by atoms with Gasteiger partial charge in [-0.05, 0) is 24.6 Å². The van der Waals surface area contributed by atoms with Crippen molar-refractivity contribution in [3.05, 3.63) is 42.0 Å². The van der Waals surface area contributed by atoms with Crippen molar-refractivity contribution < 1.29 is 5.11 Å². The first kappa shape index (κ1) is 11.0. The lowest BCUT2D eigenvalue weighted by Crippen LogP contribution is -2.04. The van der Waals surface area contributed by atoms with Gasteiger partial charge in [-0.1, -0.05) is 0 Å². The van der Waals surface area contributed by atoms with E-state index < -0.39 is 6.10 Å². The average Bonchev–Trinajstić information content (AvgIpc) is 2.83. The summed E-state index contributed by atoms with van der Waals surface area (Å²) in [5.41, 5.74) is 2.18. The highest BCUT2D eigenvalue weighted by atomic mass is 16.3. The number of aliphatic hydroxyl groups excluding tert-OH is 1. The van der Waals surface area contributed by atoms with E-state index in [-0.39, 0.29) is 0 Å². The minimum Gasteiger partial charge on any atom is -0.389 e. The number of aromatic nitrogens is 3. The number of hydrogen-bond acceptors (Lipinski definition) is 2. The number of rotatable bonds is 4. The highest BCUT2D eigenvalue weighted by Crippen LogP contribution is 2.12. The summed E-state index contributed by atoms with van der Waals surface area (Å²) in [6.07, 6.45) is 6.36. The number of aliphatic hydroxyl groups is 1. The van der Waals surface area contributed by atoms with Crippen molar-refractivity contribution in [1.29, 1.82) is 0 Å². The van der Waals surface area contributed by atoms with Crippen molar-refractivity contribution >= 4 is 0 Å². The van der Waals surface area contributed by atoms with Crippen molar-refractivity contribution in [2.75, 3.05) is 0 Å². The average molecular weight is 219 g/mol. The SMILES string of the molecule is CC(O)c1ccn(CCc2ccnn2C)c1. The third-order valence-corrected chi connectivity index (χ3v) is 2.80. The lowest BCUT2D eigenvalue weighted by atomic mass is 10.2. The molecule has 86 valence electrons. The number of hydrogen-bond donors (Lipinski definition) is 1. The molecular weight excluding hydrogens is 202 g/mol. The monoisotopic (exact) mass is 219 g/mol. The van der Waals surface area contributed by atoms with Crippen LogP contribution < -0.4 is 0 Å². The molecule has 0 radical (unpaired) electrons. The van der Waals surface area contributed by atoms with Gasteiger partial charge in [-0.2, -0.15) is 5.10 Å². The van der Waals surface area contributed by atoms with Gasteiger partial charge >= 0.3 is 0 Å². The second-order valence-electron chi connectivity index (χ2n) is 4.05. The normalized spacial score (nSPS) is 12.9. The molecule has 2 rings (SSSR count). The van der Waals surface area contributed by atoms with E-state index in [1.54, 1.807) is 6.92 Å². The Bertz CT molecular complexity index is 456. The Hall–Kier alpha value is -1.55. The standard InChI is InChI=1S/C12H17N3O/c1-10(16)11-4-7-15(9-11)8-5-12-3-6-13-14(12)2/h3-4,6-7,9-10,16H,5,8H2,1-2H3. The molecule has 0 bridgehead atoms. The van der Waals surface area contributed by atoms with Crippen LogP contribution in [0.4, 0.5) is 0 Å². The maximum absolute atomic E-state index is 9.41. The maximum atomic E-state index is 9.41. The van der Waals surface area contributed by atoms with Crippen LogP contribution in [0, 0.1) is 0 Å². The Morgan fingerprint density at radius 3 is 2.81 bits per heavy atom. The van der Waals surface area contributed by atoms with Crippen LogP contribution in [0.3, 0.4) is 0 Å². The molecular formula is C12H17N3O. The summed E-state index contributed by atoms with van der Waals surface area (Å²) in [4.78, 5) is 0. The Balaban J connectivity index is 1.97. The van der Waals surface area contributed by atoms with E-state index in [2.05, 4.69) is 9.67 Å². The van der Waals surface area contributed by atoms with Crippen LogP contribution in [0.1, 0.15) is 24.3 Å². The second-order valence-corrected chi connectivity index (χ2v) is 4.05. The van der Waals surface area contributed by atoms with E-state index in [1.807, 2.05) is 42.5 Å². The van der Waals surface area contributed by atoms with Crippen molar-refractivity contribution in [2.45, 2.75) is 26.0 Å². The van der Waals surface area contributed by atoms with Gasteiger partial charge in [0.05, 0.1) is 6.10 Å². The molecule has 16 heavy (non-hydrogen) atoms. The molecule has 0 spiro atoms. The van der Waals surface area contributed by atoms with Gasteiger partial charge in [0.1, 0.15) is 0 Å². The lowest BCUT2D eigenvalue weighted by molar-refractivity contribution is 0.199. The van der Waals surface area contributed by atoms with E-state index in [0.717, 1.165) is 18.5 Å². The topological polar surface area (TPSA) is 43.0 Å².